The molecular weight excluding hydrogens is 218 g/mol. The molecule has 0 aliphatic heterocycles. The number of hydrogen-bond acceptors (Lipinski definition) is 2. The summed E-state index contributed by atoms with van der Waals surface area (Å²) in [6.45, 7) is 7.87. The molecule has 0 aliphatic carbocycles. The molecule has 0 radical (unpaired) electrons. The van der Waals surface area contributed by atoms with Crippen molar-refractivity contribution in [1.29, 1.82) is 0 Å². The molecule has 0 heterocycles. The molecule has 0 fully saturated rings. The van der Waals surface area contributed by atoms with Gasteiger partial charge in [0, 0.05) is 5.56 Å². The van der Waals surface area contributed by atoms with Gasteiger partial charge in [-0.05, 0) is 32.8 Å². The lowest BCUT2D eigenvalue weighted by Crippen LogP contribution is -2.25. The van der Waals surface area contributed by atoms with Crippen molar-refractivity contribution in [3.8, 4) is 0 Å². The van der Waals surface area contributed by atoms with E-state index < -0.39 is 11.4 Å². The van der Waals surface area contributed by atoms with Crippen LogP contribution in [0.25, 0.3) is 0 Å². The number of aryl methyl sites for hydroxylation is 1. The van der Waals surface area contributed by atoms with E-state index in [4.69, 9.17) is 0 Å². The Morgan fingerprint density at radius 1 is 1.31 bits per heavy atom. The van der Waals surface area contributed by atoms with Crippen LogP contribution in [-0.2, 0) is 17.8 Å². The molecule has 0 aliphatic rings. The second-order valence-electron chi connectivity index (χ2n) is 4.65. The Kier molecular flexibility index (Phi) is 4.56. The van der Waals surface area contributed by atoms with Gasteiger partial charge in [-0.25, -0.2) is 0 Å². The molecule has 3 heteroatoms. The summed E-state index contributed by atoms with van der Waals surface area (Å²) in [6, 6.07) is 8.06. The fraction of sp³-hybridized carbons (Fsp3) is 0.462. The summed E-state index contributed by atoms with van der Waals surface area (Å²) < 4.78 is 15.6. The molecule has 1 atom stereocenters. The molecule has 16 heavy (non-hydrogen) atoms. The zero-order valence-corrected chi connectivity index (χ0v) is 11.2. The highest BCUT2D eigenvalue weighted by molar-refractivity contribution is 7.91. The Bertz CT molecular complexity index is 368. The van der Waals surface area contributed by atoms with Gasteiger partial charge in [-0.1, -0.05) is 35.6 Å². The average Bonchev–Trinajstić information content (AvgIpc) is 2.24. The maximum Gasteiger partial charge on any atom is 0.144 e. The third kappa shape index (κ3) is 3.65. The van der Waals surface area contributed by atoms with E-state index in [1.165, 1.54) is 5.56 Å². The van der Waals surface area contributed by atoms with E-state index in [0.717, 1.165) is 12.0 Å². The number of benzene rings is 1. The van der Waals surface area contributed by atoms with Gasteiger partial charge in [0.2, 0.25) is 0 Å². The lowest BCUT2D eigenvalue weighted by atomic mass is 10.1. The first kappa shape index (κ1) is 13.3. The molecule has 0 bridgehead atoms. The standard InChI is InChI=1S/C13H19NOS/c1-5-11-8-6-7-9-12(11)10-14-16(15)13(2,3)4/h6-10H,5H2,1-4H3. The predicted octanol–water partition coefficient (Wildman–Crippen LogP) is 3.13. The highest BCUT2D eigenvalue weighted by atomic mass is 32.2. The first-order valence-electron chi connectivity index (χ1n) is 5.49. The molecule has 88 valence electrons. The van der Waals surface area contributed by atoms with Crippen LogP contribution in [0.4, 0.5) is 0 Å². The Hall–Kier alpha value is -0.800. The number of hydrogen-bond donors (Lipinski definition) is 0. The van der Waals surface area contributed by atoms with Crippen LogP contribution in [-0.4, -0.2) is 15.5 Å². The van der Waals surface area contributed by atoms with Crippen LogP contribution < -0.4 is 0 Å². The maximum atomic E-state index is 11.8. The van der Waals surface area contributed by atoms with Crippen LogP contribution in [0.2, 0.25) is 0 Å². The molecule has 0 saturated carbocycles. The normalized spacial score (nSPS) is 14.3. The minimum absolute atomic E-state index is 0.294. The lowest BCUT2D eigenvalue weighted by molar-refractivity contribution is 0.562. The van der Waals surface area contributed by atoms with Crippen LogP contribution in [0.1, 0.15) is 38.8 Å². The van der Waals surface area contributed by atoms with E-state index >= 15 is 0 Å². The lowest BCUT2D eigenvalue weighted by Gasteiger charge is -2.17. The average molecular weight is 237 g/mol. The zero-order valence-electron chi connectivity index (χ0n) is 10.4. The van der Waals surface area contributed by atoms with Gasteiger partial charge in [0.25, 0.3) is 0 Å². The molecule has 1 rings (SSSR count). The smallest absolute Gasteiger partial charge is 0.144 e. The summed E-state index contributed by atoms with van der Waals surface area (Å²) in [7, 11) is 0. The van der Waals surface area contributed by atoms with E-state index in [2.05, 4.69) is 17.4 Å². The van der Waals surface area contributed by atoms with Gasteiger partial charge in [0.05, 0.1) is 6.21 Å². The summed E-state index contributed by atoms with van der Waals surface area (Å²) in [5.74, 6) is 0. The van der Waals surface area contributed by atoms with Crippen LogP contribution in [0.3, 0.4) is 0 Å². The van der Waals surface area contributed by atoms with Crippen LogP contribution in [0, 0.1) is 0 Å². The molecule has 0 aromatic heterocycles. The third-order valence-corrected chi connectivity index (χ3v) is 3.59. The molecule has 1 aromatic rings. The Labute approximate surface area is 101 Å². The quantitative estimate of drug-likeness (QED) is 0.587. The molecule has 1 aromatic carbocycles. The summed E-state index contributed by atoms with van der Waals surface area (Å²) in [4.78, 5) is 0. The third-order valence-electron chi connectivity index (χ3n) is 2.25. The van der Waals surface area contributed by atoms with Gasteiger partial charge in [-0.3, -0.25) is 0 Å². The van der Waals surface area contributed by atoms with Crippen LogP contribution >= 0.6 is 0 Å². The first-order chi connectivity index (χ1) is 7.45. The fourth-order valence-electron chi connectivity index (χ4n) is 1.24. The molecule has 0 saturated heterocycles. The highest BCUT2D eigenvalue weighted by Gasteiger charge is 2.25. The summed E-state index contributed by atoms with van der Waals surface area (Å²) >= 11 is -1.18. The molecule has 0 N–H and O–H groups in total. The minimum atomic E-state index is -1.18. The van der Waals surface area contributed by atoms with E-state index in [1.807, 2.05) is 39.0 Å². The Morgan fingerprint density at radius 2 is 1.94 bits per heavy atom. The molecular formula is C13H19NOS. The van der Waals surface area contributed by atoms with E-state index in [1.54, 1.807) is 6.21 Å². The molecule has 2 nitrogen and oxygen atoms in total. The summed E-state index contributed by atoms with van der Waals surface area (Å²) in [6.07, 6.45) is 2.69. The largest absolute Gasteiger partial charge is 0.591 e. The van der Waals surface area contributed by atoms with Crippen molar-refractivity contribution in [2.75, 3.05) is 0 Å². The van der Waals surface area contributed by atoms with Gasteiger partial charge >= 0.3 is 0 Å². The maximum absolute atomic E-state index is 11.8. The van der Waals surface area contributed by atoms with E-state index in [9.17, 15) is 4.55 Å². The van der Waals surface area contributed by atoms with Crippen molar-refractivity contribution < 1.29 is 4.55 Å². The monoisotopic (exact) mass is 237 g/mol. The Morgan fingerprint density at radius 3 is 2.50 bits per heavy atom. The van der Waals surface area contributed by atoms with Crippen molar-refractivity contribution in [3.05, 3.63) is 35.4 Å². The second-order valence-corrected chi connectivity index (χ2v) is 6.58. The van der Waals surface area contributed by atoms with Crippen molar-refractivity contribution >= 4 is 17.6 Å². The van der Waals surface area contributed by atoms with E-state index in [-0.39, 0.29) is 4.75 Å². The predicted molar refractivity (Wildman–Crippen MR) is 71.3 cm³/mol. The van der Waals surface area contributed by atoms with E-state index in [0.29, 0.717) is 0 Å². The van der Waals surface area contributed by atoms with Crippen molar-refractivity contribution in [2.45, 2.75) is 38.9 Å². The van der Waals surface area contributed by atoms with Gasteiger partial charge in [0.15, 0.2) is 0 Å². The SMILES string of the molecule is CCc1ccccc1C=N[S+]([O-])C(C)(C)C. The van der Waals surface area contributed by atoms with Gasteiger partial charge < -0.3 is 4.55 Å². The molecule has 1 unspecified atom stereocenters. The topological polar surface area (TPSA) is 35.4 Å². The summed E-state index contributed by atoms with van der Waals surface area (Å²) in [5.41, 5.74) is 2.29. The zero-order chi connectivity index (χ0) is 12.2. The molecule has 0 spiro atoms. The fourth-order valence-corrected chi connectivity index (χ4v) is 1.77. The Balaban J connectivity index is 2.84. The van der Waals surface area contributed by atoms with Crippen molar-refractivity contribution in [1.82, 2.24) is 0 Å². The number of rotatable bonds is 3. The van der Waals surface area contributed by atoms with Gasteiger partial charge in [0.1, 0.15) is 16.1 Å². The van der Waals surface area contributed by atoms with Crippen LogP contribution in [0.15, 0.2) is 28.7 Å². The van der Waals surface area contributed by atoms with Gasteiger partial charge in [-0.2, -0.15) is 0 Å². The number of nitrogens with zero attached hydrogens (tertiary/aromatic N) is 1. The van der Waals surface area contributed by atoms with Crippen LogP contribution in [0.5, 0.6) is 0 Å². The highest BCUT2D eigenvalue weighted by Crippen LogP contribution is 2.17. The summed E-state index contributed by atoms with van der Waals surface area (Å²) in [5, 5.41) is 0. The first-order valence-corrected chi connectivity index (χ1v) is 6.59. The minimum Gasteiger partial charge on any atom is -0.591 e. The second kappa shape index (κ2) is 5.51. The van der Waals surface area contributed by atoms with Crippen molar-refractivity contribution in [3.63, 3.8) is 0 Å². The van der Waals surface area contributed by atoms with Gasteiger partial charge in [-0.15, -0.1) is 0 Å². The van der Waals surface area contributed by atoms with Crippen molar-refractivity contribution in [2.24, 2.45) is 4.40 Å². The molecule has 0 amide bonds.